The quantitative estimate of drug-likeness (QED) is 0.524. The van der Waals surface area contributed by atoms with E-state index in [9.17, 15) is 18.0 Å². The normalized spacial score (nSPS) is 13.1. The van der Waals surface area contributed by atoms with E-state index in [1.807, 2.05) is 19.1 Å². The number of benzene rings is 2. The van der Waals surface area contributed by atoms with Crippen molar-refractivity contribution in [2.24, 2.45) is 0 Å². The Morgan fingerprint density at radius 3 is 2.35 bits per heavy atom. The number of hydrogen-bond donors (Lipinski definition) is 1. The first kappa shape index (κ1) is 26.7. The van der Waals surface area contributed by atoms with Crippen LogP contribution in [0.4, 0.5) is 13.2 Å². The van der Waals surface area contributed by atoms with Crippen molar-refractivity contribution in [3.05, 3.63) is 65.2 Å². The SMILES string of the molecule is COC(=O)COc1ccc(CC(C)NCC(OC)c2cccc(C(F)(F)F)c2)cc1.Cl. The van der Waals surface area contributed by atoms with Crippen molar-refractivity contribution < 1.29 is 32.2 Å². The molecule has 0 bridgehead atoms. The fourth-order valence-corrected chi connectivity index (χ4v) is 2.91. The zero-order chi connectivity index (χ0) is 22.1. The van der Waals surface area contributed by atoms with E-state index in [1.165, 1.54) is 20.3 Å². The first-order chi connectivity index (χ1) is 14.2. The highest BCUT2D eigenvalue weighted by Gasteiger charge is 2.31. The number of esters is 1. The molecule has 2 unspecified atom stereocenters. The predicted octanol–water partition coefficient (Wildman–Crippen LogP) is 4.59. The Bertz CT molecular complexity index is 815. The summed E-state index contributed by atoms with van der Waals surface area (Å²) in [6.07, 6.45) is -4.18. The van der Waals surface area contributed by atoms with Crippen LogP contribution in [0.2, 0.25) is 0 Å². The fourth-order valence-electron chi connectivity index (χ4n) is 2.91. The molecule has 0 aliphatic heterocycles. The third-order valence-corrected chi connectivity index (χ3v) is 4.57. The molecular formula is C22H27ClF3NO4. The Labute approximate surface area is 186 Å². The summed E-state index contributed by atoms with van der Waals surface area (Å²) >= 11 is 0. The van der Waals surface area contributed by atoms with E-state index >= 15 is 0 Å². The summed E-state index contributed by atoms with van der Waals surface area (Å²) < 4.78 is 54.0. The van der Waals surface area contributed by atoms with Crippen LogP contribution >= 0.6 is 12.4 Å². The van der Waals surface area contributed by atoms with Gasteiger partial charge in [-0.25, -0.2) is 4.79 Å². The van der Waals surface area contributed by atoms with Crippen LogP contribution in [0.15, 0.2) is 48.5 Å². The molecule has 0 aliphatic rings. The van der Waals surface area contributed by atoms with Gasteiger partial charge in [-0.15, -0.1) is 12.4 Å². The van der Waals surface area contributed by atoms with E-state index in [2.05, 4.69) is 10.1 Å². The topological polar surface area (TPSA) is 56.8 Å². The maximum atomic E-state index is 12.9. The third kappa shape index (κ3) is 8.77. The zero-order valence-corrected chi connectivity index (χ0v) is 18.4. The second-order valence-electron chi connectivity index (χ2n) is 6.87. The molecule has 0 aromatic heterocycles. The molecule has 1 N–H and O–H groups in total. The standard InChI is InChI=1S/C22H26F3NO4.ClH/c1-15(11-16-7-9-19(10-8-16)30-14-21(27)29-3)26-13-20(28-2)17-5-4-6-18(12-17)22(23,24)25;/h4-10,12,15,20,26H,11,13-14H2,1-3H3;1H. The summed E-state index contributed by atoms with van der Waals surface area (Å²) in [5.41, 5.74) is 0.831. The lowest BCUT2D eigenvalue weighted by Gasteiger charge is -2.21. The molecule has 9 heteroatoms. The van der Waals surface area contributed by atoms with E-state index in [0.717, 1.165) is 17.7 Å². The second kappa shape index (κ2) is 12.5. The molecule has 0 fully saturated rings. The molecule has 172 valence electrons. The van der Waals surface area contributed by atoms with Gasteiger partial charge < -0.3 is 19.5 Å². The Kier molecular flexibility index (Phi) is 10.8. The van der Waals surface area contributed by atoms with E-state index in [-0.39, 0.29) is 25.1 Å². The van der Waals surface area contributed by atoms with Crippen LogP contribution in [0.5, 0.6) is 5.75 Å². The minimum atomic E-state index is -4.39. The highest BCUT2D eigenvalue weighted by Crippen LogP contribution is 2.31. The van der Waals surface area contributed by atoms with E-state index in [4.69, 9.17) is 9.47 Å². The van der Waals surface area contributed by atoms with Gasteiger partial charge in [0.25, 0.3) is 0 Å². The summed E-state index contributed by atoms with van der Waals surface area (Å²) in [6.45, 7) is 2.21. The van der Waals surface area contributed by atoms with Gasteiger partial charge in [0.1, 0.15) is 5.75 Å². The number of nitrogens with one attached hydrogen (secondary N) is 1. The van der Waals surface area contributed by atoms with Crippen molar-refractivity contribution in [3.8, 4) is 5.75 Å². The monoisotopic (exact) mass is 461 g/mol. The molecule has 0 heterocycles. The lowest BCUT2D eigenvalue weighted by molar-refractivity contribution is -0.143. The van der Waals surface area contributed by atoms with Gasteiger partial charge in [0.2, 0.25) is 0 Å². The summed E-state index contributed by atoms with van der Waals surface area (Å²) in [5, 5.41) is 3.30. The Balaban J connectivity index is 0.00000480. The van der Waals surface area contributed by atoms with Crippen molar-refractivity contribution >= 4 is 18.4 Å². The Hall–Kier alpha value is -2.29. The first-order valence-electron chi connectivity index (χ1n) is 9.44. The number of hydrogen-bond acceptors (Lipinski definition) is 5. The first-order valence-corrected chi connectivity index (χ1v) is 9.44. The number of halogens is 4. The van der Waals surface area contributed by atoms with Crippen molar-refractivity contribution in [1.82, 2.24) is 5.32 Å². The number of alkyl halides is 3. The maximum Gasteiger partial charge on any atom is 0.416 e. The van der Waals surface area contributed by atoms with Crippen LogP contribution in [0.3, 0.4) is 0 Å². The van der Waals surface area contributed by atoms with Crippen molar-refractivity contribution in [1.29, 1.82) is 0 Å². The summed E-state index contributed by atoms with van der Waals surface area (Å²) in [4.78, 5) is 11.1. The van der Waals surface area contributed by atoms with Crippen LogP contribution in [-0.2, 0) is 26.9 Å². The van der Waals surface area contributed by atoms with Crippen LogP contribution in [0, 0.1) is 0 Å². The van der Waals surface area contributed by atoms with Gasteiger partial charge in [-0.1, -0.05) is 24.3 Å². The summed E-state index contributed by atoms with van der Waals surface area (Å²) in [5.74, 6) is 0.110. The van der Waals surface area contributed by atoms with E-state index in [1.54, 1.807) is 18.2 Å². The molecular weight excluding hydrogens is 435 g/mol. The van der Waals surface area contributed by atoms with Crippen LogP contribution in [0.1, 0.15) is 29.7 Å². The van der Waals surface area contributed by atoms with Crippen LogP contribution < -0.4 is 10.1 Å². The molecule has 2 aromatic carbocycles. The van der Waals surface area contributed by atoms with Crippen molar-refractivity contribution in [2.45, 2.75) is 31.7 Å². The minimum absolute atomic E-state index is 0. The maximum absolute atomic E-state index is 12.9. The van der Waals surface area contributed by atoms with Crippen molar-refractivity contribution in [3.63, 3.8) is 0 Å². The lowest BCUT2D eigenvalue weighted by atomic mass is 10.0. The molecule has 31 heavy (non-hydrogen) atoms. The molecule has 0 amide bonds. The largest absolute Gasteiger partial charge is 0.482 e. The molecule has 5 nitrogen and oxygen atoms in total. The molecule has 0 saturated carbocycles. The zero-order valence-electron chi connectivity index (χ0n) is 17.6. The van der Waals surface area contributed by atoms with Crippen molar-refractivity contribution in [2.75, 3.05) is 27.4 Å². The fraction of sp³-hybridized carbons (Fsp3) is 0.409. The summed E-state index contributed by atoms with van der Waals surface area (Å²) in [6, 6.07) is 12.6. The number of carbonyl (C=O) groups excluding carboxylic acids is 1. The highest BCUT2D eigenvalue weighted by molar-refractivity contribution is 5.85. The predicted molar refractivity (Wildman–Crippen MR) is 114 cm³/mol. The average Bonchev–Trinajstić information content (AvgIpc) is 2.73. The van der Waals surface area contributed by atoms with Gasteiger partial charge in [0.15, 0.2) is 6.61 Å². The van der Waals surface area contributed by atoms with Gasteiger partial charge >= 0.3 is 12.1 Å². The molecule has 0 aliphatic carbocycles. The number of ether oxygens (including phenoxy) is 3. The second-order valence-corrected chi connectivity index (χ2v) is 6.87. The number of rotatable bonds is 10. The van der Waals surface area contributed by atoms with Crippen LogP contribution in [-0.4, -0.2) is 39.4 Å². The molecule has 0 saturated heterocycles. The number of methoxy groups -OCH3 is 2. The Morgan fingerprint density at radius 2 is 1.77 bits per heavy atom. The van der Waals surface area contributed by atoms with E-state index < -0.39 is 23.8 Å². The number of carbonyl (C=O) groups is 1. The molecule has 0 radical (unpaired) electrons. The molecule has 2 rings (SSSR count). The average molecular weight is 462 g/mol. The van der Waals surface area contributed by atoms with Gasteiger partial charge in [0, 0.05) is 19.7 Å². The molecule has 0 spiro atoms. The van der Waals surface area contributed by atoms with Gasteiger partial charge in [-0.3, -0.25) is 0 Å². The van der Waals surface area contributed by atoms with Gasteiger partial charge in [0.05, 0.1) is 18.8 Å². The van der Waals surface area contributed by atoms with Gasteiger partial charge in [-0.2, -0.15) is 13.2 Å². The Morgan fingerprint density at radius 1 is 1.10 bits per heavy atom. The lowest BCUT2D eigenvalue weighted by Crippen LogP contribution is -2.32. The van der Waals surface area contributed by atoms with Gasteiger partial charge in [-0.05, 0) is 48.7 Å². The third-order valence-electron chi connectivity index (χ3n) is 4.57. The summed E-state index contributed by atoms with van der Waals surface area (Å²) in [7, 11) is 2.77. The van der Waals surface area contributed by atoms with Crippen LogP contribution in [0.25, 0.3) is 0 Å². The smallest absolute Gasteiger partial charge is 0.416 e. The molecule has 2 atom stereocenters. The van der Waals surface area contributed by atoms with E-state index in [0.29, 0.717) is 24.3 Å². The highest BCUT2D eigenvalue weighted by atomic mass is 35.5. The minimum Gasteiger partial charge on any atom is -0.482 e. The molecule has 2 aromatic rings.